The molecule has 1 aromatic carbocycles. The lowest BCUT2D eigenvalue weighted by Crippen LogP contribution is -2.43. The van der Waals surface area contributed by atoms with Crippen molar-refractivity contribution < 1.29 is 14.2 Å². The quantitative estimate of drug-likeness (QED) is 0.865. The highest BCUT2D eigenvalue weighted by Crippen LogP contribution is 2.41. The Labute approximate surface area is 107 Å². The molecular formula is C14H20FNO2. The molecule has 3 nitrogen and oxygen atoms in total. The van der Waals surface area contributed by atoms with Gasteiger partial charge in [-0.25, -0.2) is 4.39 Å². The van der Waals surface area contributed by atoms with Crippen LogP contribution in [0.5, 0.6) is 0 Å². The highest BCUT2D eigenvalue weighted by atomic mass is 19.1. The molecule has 1 fully saturated rings. The van der Waals surface area contributed by atoms with E-state index in [0.717, 1.165) is 30.6 Å². The molecule has 0 spiro atoms. The number of rotatable bonds is 3. The maximum Gasteiger partial charge on any atom is 0.123 e. The number of ether oxygens (including phenoxy) is 1. The van der Waals surface area contributed by atoms with E-state index in [1.54, 1.807) is 13.0 Å². The number of aliphatic hydroxyl groups excluding tert-OH is 1. The van der Waals surface area contributed by atoms with Crippen LogP contribution in [0.3, 0.4) is 0 Å². The molecule has 100 valence electrons. The van der Waals surface area contributed by atoms with Gasteiger partial charge in [0.25, 0.3) is 0 Å². The van der Waals surface area contributed by atoms with Crippen LogP contribution in [0, 0.1) is 18.2 Å². The highest BCUT2D eigenvalue weighted by Gasteiger charge is 2.40. The van der Waals surface area contributed by atoms with E-state index in [2.05, 4.69) is 0 Å². The Kier molecular flexibility index (Phi) is 4.00. The van der Waals surface area contributed by atoms with Gasteiger partial charge in [0, 0.05) is 18.6 Å². The first kappa shape index (κ1) is 13.5. The van der Waals surface area contributed by atoms with E-state index >= 15 is 0 Å². The van der Waals surface area contributed by atoms with E-state index < -0.39 is 11.5 Å². The monoisotopic (exact) mass is 253 g/mol. The molecule has 0 aromatic heterocycles. The van der Waals surface area contributed by atoms with E-state index in [1.807, 2.05) is 0 Å². The zero-order chi connectivity index (χ0) is 13.2. The summed E-state index contributed by atoms with van der Waals surface area (Å²) in [6.45, 7) is 3.35. The van der Waals surface area contributed by atoms with Crippen LogP contribution in [0.25, 0.3) is 0 Å². The third-order valence-electron chi connectivity index (χ3n) is 3.87. The van der Waals surface area contributed by atoms with Crippen LogP contribution >= 0.6 is 0 Å². The summed E-state index contributed by atoms with van der Waals surface area (Å²) in [4.78, 5) is 0. The van der Waals surface area contributed by atoms with Crippen LogP contribution in [-0.4, -0.2) is 24.9 Å². The first-order chi connectivity index (χ1) is 8.59. The molecule has 2 unspecified atom stereocenters. The van der Waals surface area contributed by atoms with Gasteiger partial charge in [0.2, 0.25) is 0 Å². The second-order valence-corrected chi connectivity index (χ2v) is 5.13. The van der Waals surface area contributed by atoms with Crippen LogP contribution in [0.4, 0.5) is 4.39 Å². The maximum absolute atomic E-state index is 13.1. The molecule has 1 aliphatic heterocycles. The fourth-order valence-electron chi connectivity index (χ4n) is 2.64. The molecule has 0 radical (unpaired) electrons. The third kappa shape index (κ3) is 2.41. The minimum atomic E-state index is -0.705. The zero-order valence-electron chi connectivity index (χ0n) is 10.7. The lowest BCUT2D eigenvalue weighted by Gasteiger charge is -2.40. The van der Waals surface area contributed by atoms with Crippen LogP contribution < -0.4 is 5.73 Å². The fourth-order valence-corrected chi connectivity index (χ4v) is 2.64. The minimum absolute atomic E-state index is 0.287. The molecule has 1 aliphatic rings. The molecule has 0 amide bonds. The number of halogens is 1. The Morgan fingerprint density at radius 1 is 1.56 bits per heavy atom. The van der Waals surface area contributed by atoms with E-state index in [9.17, 15) is 9.50 Å². The van der Waals surface area contributed by atoms with Crippen molar-refractivity contribution in [3.63, 3.8) is 0 Å². The first-order valence-corrected chi connectivity index (χ1v) is 6.31. The lowest BCUT2D eigenvalue weighted by molar-refractivity contribution is -0.0784. The van der Waals surface area contributed by atoms with Crippen molar-refractivity contribution in [2.45, 2.75) is 25.9 Å². The predicted molar refractivity (Wildman–Crippen MR) is 67.6 cm³/mol. The average molecular weight is 253 g/mol. The summed E-state index contributed by atoms with van der Waals surface area (Å²) >= 11 is 0. The molecule has 1 heterocycles. The number of aryl methyl sites for hydroxylation is 1. The summed E-state index contributed by atoms with van der Waals surface area (Å²) in [6.07, 6.45) is 1.03. The van der Waals surface area contributed by atoms with Gasteiger partial charge < -0.3 is 15.6 Å². The summed E-state index contributed by atoms with van der Waals surface area (Å²) < 4.78 is 18.6. The largest absolute Gasteiger partial charge is 0.388 e. The van der Waals surface area contributed by atoms with Gasteiger partial charge in [-0.2, -0.15) is 0 Å². The number of benzene rings is 1. The van der Waals surface area contributed by atoms with Crippen molar-refractivity contribution in [3.8, 4) is 0 Å². The van der Waals surface area contributed by atoms with Gasteiger partial charge in [0.05, 0.1) is 12.7 Å². The van der Waals surface area contributed by atoms with Crippen LogP contribution in [0.2, 0.25) is 0 Å². The predicted octanol–water partition coefficient (Wildman–Crippen LogP) is 1.92. The van der Waals surface area contributed by atoms with Crippen LogP contribution in [0.1, 0.15) is 30.1 Å². The summed E-state index contributed by atoms with van der Waals surface area (Å²) in [5.74, 6) is -0.287. The summed E-state index contributed by atoms with van der Waals surface area (Å²) in [5.41, 5.74) is 6.89. The van der Waals surface area contributed by atoms with Gasteiger partial charge in [0.15, 0.2) is 0 Å². The number of hydrogen-bond donors (Lipinski definition) is 2. The lowest BCUT2D eigenvalue weighted by atomic mass is 9.74. The van der Waals surface area contributed by atoms with Gasteiger partial charge in [-0.05, 0) is 43.0 Å². The molecule has 2 atom stereocenters. The van der Waals surface area contributed by atoms with Crippen molar-refractivity contribution in [2.75, 3.05) is 19.8 Å². The Balaban J connectivity index is 2.30. The van der Waals surface area contributed by atoms with Gasteiger partial charge in [-0.15, -0.1) is 0 Å². The smallest absolute Gasteiger partial charge is 0.123 e. The van der Waals surface area contributed by atoms with Gasteiger partial charge in [-0.3, -0.25) is 0 Å². The Bertz CT molecular complexity index is 416. The Morgan fingerprint density at radius 3 is 2.89 bits per heavy atom. The molecule has 1 saturated heterocycles. The molecule has 2 rings (SSSR count). The maximum atomic E-state index is 13.1. The first-order valence-electron chi connectivity index (χ1n) is 6.31. The molecule has 1 aromatic rings. The Hall–Kier alpha value is -0.970. The van der Waals surface area contributed by atoms with Gasteiger partial charge in [-0.1, -0.05) is 6.07 Å². The average Bonchev–Trinajstić information content (AvgIpc) is 2.39. The Morgan fingerprint density at radius 2 is 2.33 bits per heavy atom. The van der Waals surface area contributed by atoms with Crippen LogP contribution in [0.15, 0.2) is 18.2 Å². The third-order valence-corrected chi connectivity index (χ3v) is 3.87. The standard InChI is InChI=1S/C14H20FNO2/c1-10-7-11(15)3-4-12(10)13(17)14(8-16)5-2-6-18-9-14/h3-4,7,13,17H,2,5-6,8-9,16H2,1H3. The van der Waals surface area contributed by atoms with E-state index in [-0.39, 0.29) is 5.82 Å². The summed E-state index contributed by atoms with van der Waals surface area (Å²) in [6, 6.07) is 4.45. The number of nitrogens with two attached hydrogens (primary N) is 1. The van der Waals surface area contributed by atoms with Gasteiger partial charge >= 0.3 is 0 Å². The van der Waals surface area contributed by atoms with Crippen molar-refractivity contribution in [1.82, 2.24) is 0 Å². The highest BCUT2D eigenvalue weighted by molar-refractivity contribution is 5.30. The van der Waals surface area contributed by atoms with E-state index in [4.69, 9.17) is 10.5 Å². The van der Waals surface area contributed by atoms with Crippen LogP contribution in [-0.2, 0) is 4.74 Å². The summed E-state index contributed by atoms with van der Waals surface area (Å²) in [5, 5.41) is 10.6. The minimum Gasteiger partial charge on any atom is -0.388 e. The van der Waals surface area contributed by atoms with Crippen molar-refractivity contribution in [1.29, 1.82) is 0 Å². The molecule has 0 saturated carbocycles. The summed E-state index contributed by atoms with van der Waals surface area (Å²) in [7, 11) is 0. The SMILES string of the molecule is Cc1cc(F)ccc1C(O)C1(CN)CCCOC1. The topological polar surface area (TPSA) is 55.5 Å². The number of hydrogen-bond acceptors (Lipinski definition) is 3. The molecule has 0 aliphatic carbocycles. The number of aliphatic hydroxyl groups is 1. The second-order valence-electron chi connectivity index (χ2n) is 5.13. The molecule has 0 bridgehead atoms. The zero-order valence-corrected chi connectivity index (χ0v) is 10.7. The molecular weight excluding hydrogens is 233 g/mol. The second kappa shape index (κ2) is 5.34. The van der Waals surface area contributed by atoms with Crippen molar-refractivity contribution in [2.24, 2.45) is 11.1 Å². The van der Waals surface area contributed by atoms with E-state index in [0.29, 0.717) is 13.2 Å². The normalized spacial score (nSPS) is 26.0. The fraction of sp³-hybridized carbons (Fsp3) is 0.571. The van der Waals surface area contributed by atoms with Crippen molar-refractivity contribution in [3.05, 3.63) is 35.1 Å². The van der Waals surface area contributed by atoms with Crippen molar-refractivity contribution >= 4 is 0 Å². The van der Waals surface area contributed by atoms with Gasteiger partial charge in [0.1, 0.15) is 5.82 Å². The van der Waals surface area contributed by atoms with E-state index in [1.165, 1.54) is 12.1 Å². The molecule has 18 heavy (non-hydrogen) atoms. The molecule has 4 heteroatoms. The molecule has 3 N–H and O–H groups in total.